The molecule has 0 saturated carbocycles. The summed E-state index contributed by atoms with van der Waals surface area (Å²) in [5, 5.41) is 3.89. The van der Waals surface area contributed by atoms with E-state index in [9.17, 15) is 4.79 Å². The highest BCUT2D eigenvalue weighted by Crippen LogP contribution is 2.28. The molecule has 126 valence electrons. The van der Waals surface area contributed by atoms with Crippen LogP contribution in [0.5, 0.6) is 17.2 Å². The highest BCUT2D eigenvalue weighted by molar-refractivity contribution is 9.10. The normalized spacial score (nSPS) is 10.5. The first-order valence-corrected chi connectivity index (χ1v) is 7.84. The van der Waals surface area contributed by atoms with Gasteiger partial charge in [0.2, 0.25) is 0 Å². The number of carbonyl (C=O) groups excluding carboxylic acids is 1. The average molecular weight is 393 g/mol. The summed E-state index contributed by atoms with van der Waals surface area (Å²) < 4.78 is 16.3. The van der Waals surface area contributed by atoms with Gasteiger partial charge in [0.1, 0.15) is 17.2 Å². The van der Waals surface area contributed by atoms with E-state index in [1.165, 1.54) is 6.21 Å². The predicted molar refractivity (Wildman–Crippen MR) is 94.9 cm³/mol. The summed E-state index contributed by atoms with van der Waals surface area (Å²) in [7, 11) is 3.17. The molecular formula is C17H17BrN2O4. The molecule has 0 aliphatic carbocycles. The summed E-state index contributed by atoms with van der Waals surface area (Å²) in [6.07, 6.45) is 1.53. The van der Waals surface area contributed by atoms with Gasteiger partial charge in [-0.05, 0) is 51.8 Å². The zero-order chi connectivity index (χ0) is 17.4. The number of hydrazone groups is 1. The number of nitrogens with one attached hydrogen (secondary N) is 1. The van der Waals surface area contributed by atoms with Crippen LogP contribution in [0.1, 0.15) is 5.56 Å². The number of benzene rings is 2. The van der Waals surface area contributed by atoms with Crippen molar-refractivity contribution in [3.05, 3.63) is 52.5 Å². The maximum Gasteiger partial charge on any atom is 0.277 e. The Morgan fingerprint density at radius 1 is 1.17 bits per heavy atom. The van der Waals surface area contributed by atoms with Gasteiger partial charge >= 0.3 is 0 Å². The molecule has 0 fully saturated rings. The molecule has 2 aromatic rings. The van der Waals surface area contributed by atoms with Gasteiger partial charge < -0.3 is 14.2 Å². The minimum Gasteiger partial charge on any atom is -0.497 e. The number of halogens is 1. The molecule has 1 N–H and O–H groups in total. The van der Waals surface area contributed by atoms with Gasteiger partial charge in [0.05, 0.1) is 24.9 Å². The van der Waals surface area contributed by atoms with Crippen molar-refractivity contribution >= 4 is 28.1 Å². The molecule has 2 aromatic carbocycles. The number of nitrogens with zero attached hydrogens (tertiary/aromatic N) is 1. The number of rotatable bonds is 7. The summed E-state index contributed by atoms with van der Waals surface area (Å²) in [6.45, 7) is -0.152. The molecule has 0 radical (unpaired) electrons. The van der Waals surface area contributed by atoms with Crippen LogP contribution in [-0.4, -0.2) is 32.9 Å². The second-order valence-corrected chi connectivity index (χ2v) is 5.51. The molecule has 0 aliphatic heterocycles. The second-order valence-electron chi connectivity index (χ2n) is 4.65. The van der Waals surface area contributed by atoms with Gasteiger partial charge in [-0.25, -0.2) is 5.43 Å². The van der Waals surface area contributed by atoms with E-state index in [2.05, 4.69) is 26.5 Å². The molecule has 1 amide bonds. The predicted octanol–water partition coefficient (Wildman–Crippen LogP) is 3.00. The zero-order valence-electron chi connectivity index (χ0n) is 13.3. The molecule has 0 aliphatic rings. The molecule has 0 heterocycles. The van der Waals surface area contributed by atoms with Gasteiger partial charge in [-0.3, -0.25) is 4.79 Å². The smallest absolute Gasteiger partial charge is 0.277 e. The van der Waals surface area contributed by atoms with Crippen LogP contribution in [0.4, 0.5) is 0 Å². The van der Waals surface area contributed by atoms with Crippen LogP contribution in [0, 0.1) is 0 Å². The standard InChI is InChI=1S/C17H17BrN2O4/c1-22-13-5-3-4-12(8-13)10-19-20-17(21)11-24-16-7-6-14(23-2)9-15(16)18/h3-10H,11H2,1-2H3,(H,20,21)/b19-10+. The van der Waals surface area contributed by atoms with Crippen LogP contribution < -0.4 is 19.6 Å². The summed E-state index contributed by atoms with van der Waals surface area (Å²) in [6, 6.07) is 12.6. The molecule has 0 aromatic heterocycles. The maximum atomic E-state index is 11.7. The van der Waals surface area contributed by atoms with E-state index in [1.54, 1.807) is 38.5 Å². The molecule has 0 saturated heterocycles. The lowest BCUT2D eigenvalue weighted by atomic mass is 10.2. The lowest BCUT2D eigenvalue weighted by Crippen LogP contribution is -2.24. The average Bonchev–Trinajstić information content (AvgIpc) is 2.60. The number of hydrogen-bond donors (Lipinski definition) is 1. The Labute approximate surface area is 148 Å². The van der Waals surface area contributed by atoms with Crippen molar-refractivity contribution in [2.24, 2.45) is 5.10 Å². The van der Waals surface area contributed by atoms with Crippen molar-refractivity contribution in [3.8, 4) is 17.2 Å². The fourth-order valence-corrected chi connectivity index (χ4v) is 2.27. The zero-order valence-corrected chi connectivity index (χ0v) is 14.9. The molecule has 6 nitrogen and oxygen atoms in total. The van der Waals surface area contributed by atoms with Crippen LogP contribution in [0.15, 0.2) is 52.0 Å². The fraction of sp³-hybridized carbons (Fsp3) is 0.176. The molecule has 2 rings (SSSR count). The highest BCUT2D eigenvalue weighted by atomic mass is 79.9. The monoisotopic (exact) mass is 392 g/mol. The molecule has 0 unspecified atom stereocenters. The van der Waals surface area contributed by atoms with E-state index in [0.29, 0.717) is 16.0 Å². The molecule has 0 atom stereocenters. The summed E-state index contributed by atoms with van der Waals surface area (Å²) in [5.74, 6) is 1.60. The van der Waals surface area contributed by atoms with Gasteiger partial charge in [-0.2, -0.15) is 5.10 Å². The first-order valence-electron chi connectivity index (χ1n) is 7.04. The third kappa shape index (κ3) is 5.27. The van der Waals surface area contributed by atoms with E-state index >= 15 is 0 Å². The van der Waals surface area contributed by atoms with Crippen molar-refractivity contribution in [1.82, 2.24) is 5.43 Å². The Kier molecular flexibility index (Phi) is 6.62. The minimum absolute atomic E-state index is 0.152. The number of methoxy groups -OCH3 is 2. The largest absolute Gasteiger partial charge is 0.497 e. The maximum absolute atomic E-state index is 11.7. The van der Waals surface area contributed by atoms with Gasteiger partial charge in [-0.1, -0.05) is 12.1 Å². The summed E-state index contributed by atoms with van der Waals surface area (Å²) in [5.41, 5.74) is 3.22. The van der Waals surface area contributed by atoms with E-state index < -0.39 is 0 Å². The number of ether oxygens (including phenoxy) is 3. The van der Waals surface area contributed by atoms with Crippen LogP contribution in [0.3, 0.4) is 0 Å². The minimum atomic E-state index is -0.364. The van der Waals surface area contributed by atoms with Gasteiger partial charge in [0.25, 0.3) is 5.91 Å². The SMILES string of the molecule is COc1cccc(/C=N/NC(=O)COc2ccc(OC)cc2Br)c1. The van der Waals surface area contributed by atoms with Crippen molar-refractivity contribution in [3.63, 3.8) is 0 Å². The number of amides is 1. The van der Waals surface area contributed by atoms with E-state index in [0.717, 1.165) is 11.3 Å². The first-order chi connectivity index (χ1) is 11.6. The van der Waals surface area contributed by atoms with Crippen LogP contribution in [-0.2, 0) is 4.79 Å². The molecule has 0 bridgehead atoms. The summed E-state index contributed by atoms with van der Waals surface area (Å²) >= 11 is 3.36. The first kappa shape index (κ1) is 17.8. The van der Waals surface area contributed by atoms with Crippen molar-refractivity contribution in [1.29, 1.82) is 0 Å². The van der Waals surface area contributed by atoms with Crippen LogP contribution >= 0.6 is 15.9 Å². The number of hydrogen-bond acceptors (Lipinski definition) is 5. The Hall–Kier alpha value is -2.54. The van der Waals surface area contributed by atoms with E-state index in [1.807, 2.05) is 18.2 Å². The fourth-order valence-electron chi connectivity index (χ4n) is 1.80. The van der Waals surface area contributed by atoms with E-state index in [-0.39, 0.29) is 12.5 Å². The van der Waals surface area contributed by atoms with Crippen LogP contribution in [0.25, 0.3) is 0 Å². The van der Waals surface area contributed by atoms with Crippen molar-refractivity contribution < 1.29 is 19.0 Å². The lowest BCUT2D eigenvalue weighted by molar-refractivity contribution is -0.123. The molecule has 24 heavy (non-hydrogen) atoms. The van der Waals surface area contributed by atoms with Gasteiger partial charge in [0.15, 0.2) is 6.61 Å². The third-order valence-corrected chi connectivity index (χ3v) is 3.61. The van der Waals surface area contributed by atoms with Gasteiger partial charge in [0, 0.05) is 0 Å². The topological polar surface area (TPSA) is 69.2 Å². The Morgan fingerprint density at radius 3 is 2.62 bits per heavy atom. The third-order valence-electron chi connectivity index (χ3n) is 2.99. The Morgan fingerprint density at radius 2 is 1.92 bits per heavy atom. The Balaban J connectivity index is 1.84. The highest BCUT2D eigenvalue weighted by Gasteiger charge is 2.06. The molecule has 0 spiro atoms. The molecule has 7 heteroatoms. The Bertz CT molecular complexity index is 734. The van der Waals surface area contributed by atoms with Crippen molar-refractivity contribution in [2.75, 3.05) is 20.8 Å². The van der Waals surface area contributed by atoms with E-state index in [4.69, 9.17) is 14.2 Å². The van der Waals surface area contributed by atoms with Crippen molar-refractivity contribution in [2.45, 2.75) is 0 Å². The lowest BCUT2D eigenvalue weighted by Gasteiger charge is -2.08. The molecular weight excluding hydrogens is 376 g/mol. The van der Waals surface area contributed by atoms with Gasteiger partial charge in [-0.15, -0.1) is 0 Å². The quantitative estimate of drug-likeness (QED) is 0.580. The van der Waals surface area contributed by atoms with Crippen LogP contribution in [0.2, 0.25) is 0 Å². The summed E-state index contributed by atoms with van der Waals surface area (Å²) in [4.78, 5) is 11.7. The second kappa shape index (κ2) is 8.93. The number of carbonyl (C=O) groups is 1.